The zero-order valence-electron chi connectivity index (χ0n) is 15.3. The monoisotopic (exact) mass is 347 g/mol. The minimum atomic E-state index is 0.0974. The number of rotatable bonds is 9. The third-order valence-corrected chi connectivity index (χ3v) is 4.99. The van der Waals surface area contributed by atoms with Crippen molar-refractivity contribution in [1.82, 2.24) is 15.2 Å². The Labute approximate surface area is 149 Å². The van der Waals surface area contributed by atoms with Gasteiger partial charge in [0.05, 0.1) is 15.2 Å². The van der Waals surface area contributed by atoms with E-state index in [0.29, 0.717) is 6.42 Å². The molecule has 0 aliphatic rings. The van der Waals surface area contributed by atoms with Gasteiger partial charge in [0.1, 0.15) is 0 Å². The predicted molar refractivity (Wildman–Crippen MR) is 103 cm³/mol. The van der Waals surface area contributed by atoms with Gasteiger partial charge in [0.25, 0.3) is 0 Å². The lowest BCUT2D eigenvalue weighted by atomic mass is 9.93. The lowest BCUT2D eigenvalue weighted by molar-refractivity contribution is -0.121. The number of amides is 1. The Balaban J connectivity index is 1.65. The molecule has 1 amide bonds. The Morgan fingerprint density at radius 2 is 2.00 bits per heavy atom. The molecule has 4 nitrogen and oxygen atoms in total. The van der Waals surface area contributed by atoms with E-state index in [-0.39, 0.29) is 11.3 Å². The number of unbranched alkanes of at least 4 members (excludes halogenated alkanes) is 1. The molecule has 0 unspecified atom stereocenters. The van der Waals surface area contributed by atoms with E-state index in [1.54, 1.807) is 11.3 Å². The molecule has 0 saturated carbocycles. The number of benzene rings is 1. The van der Waals surface area contributed by atoms with Crippen LogP contribution in [0.15, 0.2) is 24.3 Å². The van der Waals surface area contributed by atoms with Crippen LogP contribution in [0.5, 0.6) is 0 Å². The highest BCUT2D eigenvalue weighted by Gasteiger charge is 2.19. The van der Waals surface area contributed by atoms with E-state index in [9.17, 15) is 4.79 Å². The molecular weight excluding hydrogens is 318 g/mol. The summed E-state index contributed by atoms with van der Waals surface area (Å²) in [6, 6.07) is 8.23. The summed E-state index contributed by atoms with van der Waals surface area (Å²) in [6.07, 6.45) is 3.48. The van der Waals surface area contributed by atoms with Crippen LogP contribution in [-0.2, 0) is 11.2 Å². The fourth-order valence-corrected chi connectivity index (χ4v) is 3.94. The average molecular weight is 348 g/mol. The van der Waals surface area contributed by atoms with Crippen molar-refractivity contribution in [2.75, 3.05) is 27.2 Å². The van der Waals surface area contributed by atoms with Crippen LogP contribution in [0.4, 0.5) is 0 Å². The maximum Gasteiger partial charge on any atom is 0.220 e. The lowest BCUT2D eigenvalue weighted by Crippen LogP contribution is -2.39. The molecular formula is C19H29N3OS. The lowest BCUT2D eigenvalue weighted by Gasteiger charge is -2.28. The number of para-hydroxylation sites is 1. The summed E-state index contributed by atoms with van der Waals surface area (Å²) in [5.74, 6) is 0.158. The molecule has 24 heavy (non-hydrogen) atoms. The van der Waals surface area contributed by atoms with Crippen molar-refractivity contribution >= 4 is 27.5 Å². The van der Waals surface area contributed by atoms with Gasteiger partial charge in [0.2, 0.25) is 5.91 Å². The van der Waals surface area contributed by atoms with Gasteiger partial charge in [-0.2, -0.15) is 0 Å². The van der Waals surface area contributed by atoms with Crippen LogP contribution in [0, 0.1) is 5.41 Å². The molecule has 1 N–H and O–H groups in total. The van der Waals surface area contributed by atoms with Gasteiger partial charge in [-0.3, -0.25) is 4.79 Å². The summed E-state index contributed by atoms with van der Waals surface area (Å²) in [7, 11) is 4.12. The molecule has 132 valence electrons. The Kier molecular flexibility index (Phi) is 6.75. The average Bonchev–Trinajstić information content (AvgIpc) is 2.91. The summed E-state index contributed by atoms with van der Waals surface area (Å²) in [6.45, 7) is 6.05. The maximum absolute atomic E-state index is 12.0. The van der Waals surface area contributed by atoms with Crippen molar-refractivity contribution in [1.29, 1.82) is 0 Å². The van der Waals surface area contributed by atoms with Crippen LogP contribution < -0.4 is 5.32 Å². The van der Waals surface area contributed by atoms with E-state index in [1.165, 1.54) is 9.71 Å². The molecule has 0 fully saturated rings. The highest BCUT2D eigenvalue weighted by Crippen LogP contribution is 2.22. The van der Waals surface area contributed by atoms with E-state index >= 15 is 0 Å². The molecule has 0 aliphatic heterocycles. The number of aryl methyl sites for hydroxylation is 1. The summed E-state index contributed by atoms with van der Waals surface area (Å²) in [5.41, 5.74) is 1.18. The first-order chi connectivity index (χ1) is 11.4. The maximum atomic E-state index is 12.0. The normalized spacial score (nSPS) is 12.0. The molecule has 2 aromatic rings. The number of hydrogen-bond donors (Lipinski definition) is 1. The summed E-state index contributed by atoms with van der Waals surface area (Å²) >= 11 is 1.76. The number of carbonyl (C=O) groups is 1. The second-order valence-electron chi connectivity index (χ2n) is 7.46. The standard InChI is InChI=1S/C19H29N3OS/c1-19(2,14-22(3)4)13-20-17(23)11-7-8-12-18-21-15-9-5-6-10-16(15)24-18/h5-6,9-10H,7-8,11-14H2,1-4H3,(H,20,23). The van der Waals surface area contributed by atoms with Crippen LogP contribution in [0.2, 0.25) is 0 Å². The molecule has 5 heteroatoms. The van der Waals surface area contributed by atoms with Gasteiger partial charge in [-0.05, 0) is 50.9 Å². The Morgan fingerprint density at radius 1 is 1.25 bits per heavy atom. The SMILES string of the molecule is CN(C)CC(C)(C)CNC(=O)CCCCc1nc2ccccc2s1. The fourth-order valence-electron chi connectivity index (χ4n) is 2.93. The van der Waals surface area contributed by atoms with Crippen molar-refractivity contribution in [2.45, 2.75) is 39.5 Å². The first kappa shape index (κ1) is 18.9. The van der Waals surface area contributed by atoms with Gasteiger partial charge in [-0.1, -0.05) is 26.0 Å². The third kappa shape index (κ3) is 6.21. The van der Waals surface area contributed by atoms with Gasteiger partial charge in [0, 0.05) is 19.5 Å². The van der Waals surface area contributed by atoms with Crippen molar-refractivity contribution in [2.24, 2.45) is 5.41 Å². The first-order valence-corrected chi connectivity index (χ1v) is 9.43. The number of nitrogens with zero attached hydrogens (tertiary/aromatic N) is 2. The Bertz CT molecular complexity index is 630. The van der Waals surface area contributed by atoms with Crippen molar-refractivity contribution in [3.8, 4) is 0 Å². The third-order valence-electron chi connectivity index (χ3n) is 3.89. The second-order valence-corrected chi connectivity index (χ2v) is 8.58. The van der Waals surface area contributed by atoms with E-state index in [4.69, 9.17) is 0 Å². The molecule has 1 aromatic carbocycles. The highest BCUT2D eigenvalue weighted by atomic mass is 32.1. The van der Waals surface area contributed by atoms with E-state index < -0.39 is 0 Å². The molecule has 0 spiro atoms. The zero-order chi connectivity index (χ0) is 17.6. The van der Waals surface area contributed by atoms with E-state index in [0.717, 1.165) is 37.9 Å². The second kappa shape index (κ2) is 8.58. The fraction of sp³-hybridized carbons (Fsp3) is 0.579. The van der Waals surface area contributed by atoms with Crippen molar-refractivity contribution in [3.63, 3.8) is 0 Å². The molecule has 2 rings (SSSR count). The number of carbonyl (C=O) groups excluding carboxylic acids is 1. The summed E-state index contributed by atoms with van der Waals surface area (Å²) < 4.78 is 1.24. The quantitative estimate of drug-likeness (QED) is 0.703. The van der Waals surface area contributed by atoms with Gasteiger partial charge in [0.15, 0.2) is 0 Å². The van der Waals surface area contributed by atoms with Crippen LogP contribution >= 0.6 is 11.3 Å². The molecule has 0 bridgehead atoms. The number of aromatic nitrogens is 1. The Morgan fingerprint density at radius 3 is 2.71 bits per heavy atom. The highest BCUT2D eigenvalue weighted by molar-refractivity contribution is 7.18. The summed E-state index contributed by atoms with van der Waals surface area (Å²) in [4.78, 5) is 18.8. The zero-order valence-corrected chi connectivity index (χ0v) is 16.1. The number of thiazole rings is 1. The van der Waals surface area contributed by atoms with E-state index in [1.807, 2.05) is 12.1 Å². The number of hydrogen-bond acceptors (Lipinski definition) is 4. The molecule has 1 heterocycles. The first-order valence-electron chi connectivity index (χ1n) is 8.62. The number of fused-ring (bicyclic) bond motifs is 1. The van der Waals surface area contributed by atoms with Crippen LogP contribution in [0.3, 0.4) is 0 Å². The van der Waals surface area contributed by atoms with Gasteiger partial charge in [-0.15, -0.1) is 11.3 Å². The van der Waals surface area contributed by atoms with Gasteiger partial charge >= 0.3 is 0 Å². The molecule has 0 atom stereocenters. The van der Waals surface area contributed by atoms with Crippen molar-refractivity contribution in [3.05, 3.63) is 29.3 Å². The van der Waals surface area contributed by atoms with Gasteiger partial charge < -0.3 is 10.2 Å². The molecule has 0 saturated heterocycles. The minimum absolute atomic E-state index is 0.0974. The van der Waals surface area contributed by atoms with Crippen LogP contribution in [-0.4, -0.2) is 43.0 Å². The molecule has 1 aromatic heterocycles. The van der Waals surface area contributed by atoms with Crippen LogP contribution in [0.25, 0.3) is 10.2 Å². The topological polar surface area (TPSA) is 45.2 Å². The molecule has 0 aliphatic carbocycles. The minimum Gasteiger partial charge on any atom is -0.356 e. The van der Waals surface area contributed by atoms with Gasteiger partial charge in [-0.25, -0.2) is 4.98 Å². The largest absolute Gasteiger partial charge is 0.356 e. The van der Waals surface area contributed by atoms with E-state index in [2.05, 4.69) is 55.3 Å². The smallest absolute Gasteiger partial charge is 0.220 e. The molecule has 0 radical (unpaired) electrons. The van der Waals surface area contributed by atoms with Crippen molar-refractivity contribution < 1.29 is 4.79 Å². The number of nitrogens with one attached hydrogen (secondary N) is 1. The predicted octanol–water partition coefficient (Wildman–Crippen LogP) is 3.71. The summed E-state index contributed by atoms with van der Waals surface area (Å²) in [5, 5.41) is 4.24. The Hall–Kier alpha value is -1.46. The van der Waals surface area contributed by atoms with Crippen LogP contribution in [0.1, 0.15) is 38.1 Å².